The van der Waals surface area contributed by atoms with Gasteiger partial charge >= 0.3 is 0 Å². The van der Waals surface area contributed by atoms with Crippen molar-refractivity contribution in [2.24, 2.45) is 0 Å². The van der Waals surface area contributed by atoms with Gasteiger partial charge in [0.25, 0.3) is 0 Å². The van der Waals surface area contributed by atoms with Crippen LogP contribution in [0.3, 0.4) is 0 Å². The summed E-state index contributed by atoms with van der Waals surface area (Å²) in [7, 11) is 0. The van der Waals surface area contributed by atoms with E-state index in [4.69, 9.17) is 69.6 Å². The summed E-state index contributed by atoms with van der Waals surface area (Å²) in [4.78, 5) is 0. The van der Waals surface area contributed by atoms with Gasteiger partial charge in [0.1, 0.15) is 0 Å². The van der Waals surface area contributed by atoms with E-state index in [1.54, 1.807) is 0 Å². The minimum absolute atomic E-state index is 0.509. The third kappa shape index (κ3) is 7.60. The number of benzene rings is 2. The maximum atomic E-state index is 5.70. The SMILES string of the molecule is ClCc1cc(CCl)cc(CCl)c1.ClCc1cc(CCl)cc(CCl)c1. The van der Waals surface area contributed by atoms with E-state index in [-0.39, 0.29) is 0 Å². The van der Waals surface area contributed by atoms with Crippen LogP contribution in [0.15, 0.2) is 36.4 Å². The van der Waals surface area contributed by atoms with Crippen LogP contribution in [0, 0.1) is 0 Å². The van der Waals surface area contributed by atoms with Crippen molar-refractivity contribution >= 4 is 69.6 Å². The number of hydrogen-bond donors (Lipinski definition) is 0. The van der Waals surface area contributed by atoms with Crippen LogP contribution in [-0.4, -0.2) is 0 Å². The predicted molar refractivity (Wildman–Crippen MR) is 110 cm³/mol. The Morgan fingerprint density at radius 1 is 0.333 bits per heavy atom. The van der Waals surface area contributed by atoms with Crippen LogP contribution in [-0.2, 0) is 35.3 Å². The standard InChI is InChI=1S/2C9H9Cl3/c2*10-4-7-1-8(5-11)3-9(2-7)6-12/h2*1-3H,4-6H2. The summed E-state index contributed by atoms with van der Waals surface area (Å²) >= 11 is 34.2. The van der Waals surface area contributed by atoms with Gasteiger partial charge in [-0.25, -0.2) is 0 Å². The molecule has 0 radical (unpaired) electrons. The maximum Gasteiger partial charge on any atom is 0.0474 e. The van der Waals surface area contributed by atoms with Crippen LogP contribution in [0.1, 0.15) is 33.4 Å². The minimum Gasteiger partial charge on any atom is -0.122 e. The van der Waals surface area contributed by atoms with Crippen LogP contribution in [0.2, 0.25) is 0 Å². The first-order chi connectivity index (χ1) is 11.6. The maximum absolute atomic E-state index is 5.70. The van der Waals surface area contributed by atoms with Gasteiger partial charge < -0.3 is 0 Å². The van der Waals surface area contributed by atoms with Crippen LogP contribution >= 0.6 is 69.6 Å². The van der Waals surface area contributed by atoms with Gasteiger partial charge in [-0.15, -0.1) is 69.6 Å². The normalized spacial score (nSPS) is 10.2. The molecule has 0 atom stereocenters. The van der Waals surface area contributed by atoms with Gasteiger partial charge in [-0.05, 0) is 33.4 Å². The molecule has 0 amide bonds. The summed E-state index contributed by atoms with van der Waals surface area (Å²) < 4.78 is 0. The van der Waals surface area contributed by atoms with Crippen molar-refractivity contribution in [1.82, 2.24) is 0 Å². The molecule has 0 unspecified atom stereocenters. The van der Waals surface area contributed by atoms with E-state index in [1.165, 1.54) is 0 Å². The van der Waals surface area contributed by atoms with Crippen LogP contribution < -0.4 is 0 Å². The Morgan fingerprint density at radius 2 is 0.458 bits per heavy atom. The monoisotopic (exact) mass is 444 g/mol. The fourth-order valence-electron chi connectivity index (χ4n) is 2.14. The van der Waals surface area contributed by atoms with Crippen LogP contribution in [0.4, 0.5) is 0 Å². The lowest BCUT2D eigenvalue weighted by Gasteiger charge is -2.03. The van der Waals surface area contributed by atoms with E-state index in [2.05, 4.69) is 0 Å². The Morgan fingerprint density at radius 3 is 0.542 bits per heavy atom. The molecule has 0 fully saturated rings. The molecule has 132 valence electrons. The summed E-state index contributed by atoms with van der Waals surface area (Å²) in [6.45, 7) is 0. The number of alkyl halides is 6. The molecule has 0 aliphatic carbocycles. The van der Waals surface area contributed by atoms with Crippen molar-refractivity contribution in [3.63, 3.8) is 0 Å². The minimum atomic E-state index is 0.509. The average molecular weight is 447 g/mol. The van der Waals surface area contributed by atoms with Gasteiger partial charge in [-0.1, -0.05) is 36.4 Å². The molecule has 0 nitrogen and oxygen atoms in total. The summed E-state index contributed by atoms with van der Waals surface area (Å²) in [5, 5.41) is 0. The fraction of sp³-hybridized carbons (Fsp3) is 0.333. The predicted octanol–water partition coefficient (Wildman–Crippen LogP) is 7.81. The van der Waals surface area contributed by atoms with Gasteiger partial charge in [0.05, 0.1) is 0 Å². The summed E-state index contributed by atoms with van der Waals surface area (Å²) in [6, 6.07) is 12.0. The summed E-state index contributed by atoms with van der Waals surface area (Å²) in [5.74, 6) is 3.05. The Labute approximate surface area is 174 Å². The Balaban J connectivity index is 0.000000240. The molecule has 0 aromatic heterocycles. The second-order valence-electron chi connectivity index (χ2n) is 5.12. The van der Waals surface area contributed by atoms with E-state index in [1.807, 2.05) is 36.4 Å². The molecule has 6 heteroatoms. The zero-order chi connectivity index (χ0) is 17.9. The highest BCUT2D eigenvalue weighted by atomic mass is 35.5. The molecule has 0 saturated heterocycles. The lowest BCUT2D eigenvalue weighted by Crippen LogP contribution is -1.87. The highest BCUT2D eigenvalue weighted by Crippen LogP contribution is 2.16. The number of rotatable bonds is 6. The lowest BCUT2D eigenvalue weighted by atomic mass is 10.1. The van der Waals surface area contributed by atoms with Crippen molar-refractivity contribution in [2.75, 3.05) is 0 Å². The first kappa shape index (κ1) is 22.2. The summed E-state index contributed by atoms with van der Waals surface area (Å²) in [5.41, 5.74) is 6.45. The first-order valence-electron chi connectivity index (χ1n) is 7.19. The zero-order valence-electron chi connectivity index (χ0n) is 13.0. The molecule has 0 spiro atoms. The van der Waals surface area contributed by atoms with Crippen molar-refractivity contribution in [1.29, 1.82) is 0 Å². The topological polar surface area (TPSA) is 0 Å². The van der Waals surface area contributed by atoms with Crippen molar-refractivity contribution in [2.45, 2.75) is 35.3 Å². The van der Waals surface area contributed by atoms with Crippen molar-refractivity contribution < 1.29 is 0 Å². The molecule has 0 N–H and O–H groups in total. The molecular weight excluding hydrogens is 429 g/mol. The second-order valence-corrected chi connectivity index (χ2v) is 6.72. The van der Waals surface area contributed by atoms with Gasteiger partial charge in [0, 0.05) is 35.3 Å². The third-order valence-electron chi connectivity index (χ3n) is 3.15. The van der Waals surface area contributed by atoms with Crippen molar-refractivity contribution in [3.05, 3.63) is 69.8 Å². The summed E-state index contributed by atoms with van der Waals surface area (Å²) in [6.07, 6.45) is 0. The highest BCUT2D eigenvalue weighted by molar-refractivity contribution is 6.19. The molecule has 2 aromatic carbocycles. The molecule has 0 aliphatic rings. The molecular formula is C18H18Cl6. The van der Waals surface area contributed by atoms with Crippen molar-refractivity contribution in [3.8, 4) is 0 Å². The quantitative estimate of drug-likeness (QED) is 0.397. The van der Waals surface area contributed by atoms with E-state index in [0.29, 0.717) is 35.3 Å². The van der Waals surface area contributed by atoms with E-state index in [9.17, 15) is 0 Å². The van der Waals surface area contributed by atoms with E-state index < -0.39 is 0 Å². The highest BCUT2D eigenvalue weighted by Gasteiger charge is 1.99. The van der Waals surface area contributed by atoms with Gasteiger partial charge in [0.15, 0.2) is 0 Å². The number of halogens is 6. The van der Waals surface area contributed by atoms with Gasteiger partial charge in [0.2, 0.25) is 0 Å². The lowest BCUT2D eigenvalue weighted by molar-refractivity contribution is 1.25. The molecule has 2 aromatic rings. The average Bonchev–Trinajstić information content (AvgIpc) is 2.67. The van der Waals surface area contributed by atoms with E-state index >= 15 is 0 Å². The molecule has 24 heavy (non-hydrogen) atoms. The molecule has 0 bridgehead atoms. The second kappa shape index (κ2) is 12.5. The zero-order valence-corrected chi connectivity index (χ0v) is 17.5. The molecule has 0 heterocycles. The van der Waals surface area contributed by atoms with Gasteiger partial charge in [-0.3, -0.25) is 0 Å². The smallest absolute Gasteiger partial charge is 0.0474 e. The third-order valence-corrected chi connectivity index (χ3v) is 5.00. The Hall–Kier alpha value is 0.180. The fourth-order valence-corrected chi connectivity index (χ4v) is 3.07. The molecule has 0 saturated carbocycles. The van der Waals surface area contributed by atoms with Crippen LogP contribution in [0.5, 0.6) is 0 Å². The van der Waals surface area contributed by atoms with Gasteiger partial charge in [-0.2, -0.15) is 0 Å². The number of hydrogen-bond acceptors (Lipinski definition) is 0. The Bertz CT molecular complexity index is 461. The van der Waals surface area contributed by atoms with E-state index in [0.717, 1.165) is 33.4 Å². The molecule has 0 aliphatic heterocycles. The van der Waals surface area contributed by atoms with Crippen LogP contribution in [0.25, 0.3) is 0 Å². The first-order valence-corrected chi connectivity index (χ1v) is 10.4. The molecule has 2 rings (SSSR count). The largest absolute Gasteiger partial charge is 0.122 e. The Kier molecular flexibility index (Phi) is 11.6.